The zero-order chi connectivity index (χ0) is 9.68. The van der Waals surface area contributed by atoms with Crippen molar-refractivity contribution >= 4 is 5.69 Å². The fraction of sp³-hybridized carbons (Fsp3) is 0.455. The highest BCUT2D eigenvalue weighted by molar-refractivity contribution is 5.50. The van der Waals surface area contributed by atoms with E-state index in [4.69, 9.17) is 0 Å². The summed E-state index contributed by atoms with van der Waals surface area (Å²) in [5, 5.41) is 3.40. The molecule has 0 fully saturated rings. The van der Waals surface area contributed by atoms with Crippen molar-refractivity contribution in [3.05, 3.63) is 29.8 Å². The maximum absolute atomic E-state index is 3.40. The van der Waals surface area contributed by atoms with E-state index in [9.17, 15) is 0 Å². The Hall–Kier alpha value is -1.02. The molecule has 0 atom stereocenters. The van der Waals surface area contributed by atoms with Crippen molar-refractivity contribution in [2.45, 2.75) is 6.92 Å². The van der Waals surface area contributed by atoms with Gasteiger partial charge in [0, 0.05) is 18.8 Å². The smallest absolute Gasteiger partial charge is 0.0370 e. The van der Waals surface area contributed by atoms with Gasteiger partial charge in [-0.3, -0.25) is 0 Å². The van der Waals surface area contributed by atoms with E-state index in [1.54, 1.807) is 0 Å². The summed E-state index contributed by atoms with van der Waals surface area (Å²) in [6, 6.07) is 8.36. The molecular weight excluding hydrogens is 160 g/mol. The Labute approximate surface area is 80.6 Å². The average Bonchev–Trinajstić information content (AvgIpc) is 2.08. The Balaban J connectivity index is 2.41. The number of aryl methyl sites for hydroxylation is 1. The van der Waals surface area contributed by atoms with Crippen molar-refractivity contribution in [3.63, 3.8) is 0 Å². The monoisotopic (exact) mass is 178 g/mol. The van der Waals surface area contributed by atoms with E-state index >= 15 is 0 Å². The van der Waals surface area contributed by atoms with Gasteiger partial charge in [-0.1, -0.05) is 18.2 Å². The molecule has 0 aliphatic heterocycles. The zero-order valence-electron chi connectivity index (χ0n) is 8.67. The van der Waals surface area contributed by atoms with Crippen LogP contribution in [0.25, 0.3) is 0 Å². The summed E-state index contributed by atoms with van der Waals surface area (Å²) in [5.41, 5.74) is 2.55. The molecule has 2 nitrogen and oxygen atoms in total. The van der Waals surface area contributed by atoms with Crippen LogP contribution in [-0.2, 0) is 0 Å². The molecular formula is C11H18N2. The van der Waals surface area contributed by atoms with Crippen LogP contribution in [0, 0.1) is 6.92 Å². The van der Waals surface area contributed by atoms with E-state index in [2.05, 4.69) is 55.5 Å². The van der Waals surface area contributed by atoms with Crippen LogP contribution in [0.4, 0.5) is 5.69 Å². The summed E-state index contributed by atoms with van der Waals surface area (Å²) in [6.45, 7) is 4.18. The lowest BCUT2D eigenvalue weighted by Crippen LogP contribution is -2.20. The number of hydrogen-bond acceptors (Lipinski definition) is 2. The molecule has 13 heavy (non-hydrogen) atoms. The second-order valence-corrected chi connectivity index (χ2v) is 3.54. The number of rotatable bonds is 4. The van der Waals surface area contributed by atoms with Gasteiger partial charge in [0.1, 0.15) is 0 Å². The van der Waals surface area contributed by atoms with E-state index in [0.29, 0.717) is 0 Å². The van der Waals surface area contributed by atoms with Crippen LogP contribution in [-0.4, -0.2) is 32.1 Å². The van der Waals surface area contributed by atoms with Crippen molar-refractivity contribution in [2.24, 2.45) is 0 Å². The van der Waals surface area contributed by atoms with Crippen molar-refractivity contribution in [1.82, 2.24) is 4.90 Å². The first-order valence-electron chi connectivity index (χ1n) is 4.64. The molecule has 1 aromatic rings. The van der Waals surface area contributed by atoms with E-state index in [-0.39, 0.29) is 0 Å². The van der Waals surface area contributed by atoms with Gasteiger partial charge in [-0.05, 0) is 32.6 Å². The SMILES string of the molecule is Cc1ccccc1NCCN(C)C. The first-order valence-corrected chi connectivity index (χ1v) is 4.64. The molecule has 0 aromatic heterocycles. The minimum atomic E-state index is 0.998. The van der Waals surface area contributed by atoms with Gasteiger partial charge in [0.05, 0.1) is 0 Å². The van der Waals surface area contributed by atoms with E-state index in [0.717, 1.165) is 13.1 Å². The predicted molar refractivity (Wildman–Crippen MR) is 58.2 cm³/mol. The molecule has 0 saturated heterocycles. The van der Waals surface area contributed by atoms with Gasteiger partial charge in [-0.25, -0.2) is 0 Å². The Bertz CT molecular complexity index is 256. The van der Waals surface area contributed by atoms with Gasteiger partial charge in [-0.15, -0.1) is 0 Å². The van der Waals surface area contributed by atoms with Gasteiger partial charge < -0.3 is 10.2 Å². The molecule has 0 radical (unpaired) electrons. The minimum Gasteiger partial charge on any atom is -0.384 e. The number of benzene rings is 1. The maximum atomic E-state index is 3.40. The molecule has 0 saturated carbocycles. The fourth-order valence-corrected chi connectivity index (χ4v) is 1.19. The Morgan fingerprint density at radius 2 is 1.92 bits per heavy atom. The molecule has 0 heterocycles. The van der Waals surface area contributed by atoms with E-state index < -0.39 is 0 Å². The zero-order valence-corrected chi connectivity index (χ0v) is 8.67. The summed E-state index contributed by atoms with van der Waals surface area (Å²) in [6.07, 6.45) is 0. The lowest BCUT2D eigenvalue weighted by molar-refractivity contribution is 0.425. The molecule has 0 aliphatic rings. The average molecular weight is 178 g/mol. The largest absolute Gasteiger partial charge is 0.384 e. The van der Waals surface area contributed by atoms with Crippen molar-refractivity contribution in [1.29, 1.82) is 0 Å². The third-order valence-electron chi connectivity index (χ3n) is 2.02. The molecule has 2 heteroatoms. The first-order chi connectivity index (χ1) is 6.20. The van der Waals surface area contributed by atoms with Crippen molar-refractivity contribution in [3.8, 4) is 0 Å². The lowest BCUT2D eigenvalue weighted by Gasteiger charge is -2.12. The molecule has 0 aliphatic carbocycles. The number of nitrogens with zero attached hydrogens (tertiary/aromatic N) is 1. The van der Waals surface area contributed by atoms with Gasteiger partial charge in [-0.2, -0.15) is 0 Å². The lowest BCUT2D eigenvalue weighted by atomic mass is 10.2. The summed E-state index contributed by atoms with van der Waals surface area (Å²) in [5.74, 6) is 0. The van der Waals surface area contributed by atoms with E-state index in [1.165, 1.54) is 11.3 Å². The van der Waals surface area contributed by atoms with Crippen LogP contribution in [0.5, 0.6) is 0 Å². The molecule has 0 spiro atoms. The molecule has 1 N–H and O–H groups in total. The van der Waals surface area contributed by atoms with Crippen molar-refractivity contribution in [2.75, 3.05) is 32.5 Å². The highest BCUT2D eigenvalue weighted by Gasteiger charge is 1.94. The summed E-state index contributed by atoms with van der Waals surface area (Å²) in [4.78, 5) is 2.17. The Morgan fingerprint density at radius 3 is 2.54 bits per heavy atom. The van der Waals surface area contributed by atoms with Crippen LogP contribution in [0.1, 0.15) is 5.56 Å². The third kappa shape index (κ3) is 3.47. The Kier molecular flexibility index (Phi) is 3.77. The van der Waals surface area contributed by atoms with Gasteiger partial charge >= 0.3 is 0 Å². The standard InChI is InChI=1S/C11H18N2/c1-10-6-4-5-7-11(10)12-8-9-13(2)3/h4-7,12H,8-9H2,1-3H3. The Morgan fingerprint density at radius 1 is 1.23 bits per heavy atom. The molecule has 0 bridgehead atoms. The van der Waals surface area contributed by atoms with E-state index in [1.807, 2.05) is 0 Å². The quantitative estimate of drug-likeness (QED) is 0.758. The second kappa shape index (κ2) is 4.87. The third-order valence-corrected chi connectivity index (χ3v) is 2.02. The molecule has 0 amide bonds. The second-order valence-electron chi connectivity index (χ2n) is 3.54. The molecule has 0 unspecified atom stereocenters. The normalized spacial score (nSPS) is 10.5. The van der Waals surface area contributed by atoms with Crippen LogP contribution in [0.15, 0.2) is 24.3 Å². The minimum absolute atomic E-state index is 0.998. The fourth-order valence-electron chi connectivity index (χ4n) is 1.19. The number of hydrogen-bond donors (Lipinski definition) is 1. The summed E-state index contributed by atoms with van der Waals surface area (Å²) >= 11 is 0. The first kappa shape index (κ1) is 10.1. The molecule has 1 aromatic carbocycles. The van der Waals surface area contributed by atoms with Gasteiger partial charge in [0.25, 0.3) is 0 Å². The summed E-state index contributed by atoms with van der Waals surface area (Å²) < 4.78 is 0. The summed E-state index contributed by atoms with van der Waals surface area (Å²) in [7, 11) is 4.17. The van der Waals surface area contributed by atoms with Crippen LogP contribution >= 0.6 is 0 Å². The number of anilines is 1. The maximum Gasteiger partial charge on any atom is 0.0370 e. The highest BCUT2D eigenvalue weighted by Crippen LogP contribution is 2.12. The predicted octanol–water partition coefficient (Wildman–Crippen LogP) is 1.97. The van der Waals surface area contributed by atoms with Crippen LogP contribution in [0.3, 0.4) is 0 Å². The number of likely N-dealkylation sites (N-methyl/N-ethyl adjacent to an activating group) is 1. The van der Waals surface area contributed by atoms with Gasteiger partial charge in [0.15, 0.2) is 0 Å². The number of para-hydroxylation sites is 1. The highest BCUT2D eigenvalue weighted by atomic mass is 15.1. The number of nitrogens with one attached hydrogen (secondary N) is 1. The topological polar surface area (TPSA) is 15.3 Å². The van der Waals surface area contributed by atoms with Crippen molar-refractivity contribution < 1.29 is 0 Å². The van der Waals surface area contributed by atoms with Crippen LogP contribution < -0.4 is 5.32 Å². The van der Waals surface area contributed by atoms with Crippen LogP contribution in [0.2, 0.25) is 0 Å². The van der Waals surface area contributed by atoms with Gasteiger partial charge in [0.2, 0.25) is 0 Å². The molecule has 1 rings (SSSR count). The molecule has 72 valence electrons.